The molecule has 0 aromatic carbocycles. The largest absolute Gasteiger partial charge is 0.481 e. The van der Waals surface area contributed by atoms with Crippen molar-refractivity contribution in [3.05, 3.63) is 36.7 Å². The first-order chi connectivity index (χ1) is 25.2. The van der Waals surface area contributed by atoms with Crippen LogP contribution in [0.1, 0.15) is 25.5 Å². The molecule has 5 rings (SSSR count). The van der Waals surface area contributed by atoms with Crippen molar-refractivity contribution in [3.63, 3.8) is 0 Å². The molecule has 3 aliphatic rings. The number of ether oxygens (including phenoxy) is 2. The van der Waals surface area contributed by atoms with Crippen LogP contribution in [0.2, 0.25) is 0 Å². The molecule has 0 spiro atoms. The summed E-state index contributed by atoms with van der Waals surface area (Å²) in [6, 6.07) is -1.06. The number of phosphoric ester groups is 2. The third-order valence-corrected chi connectivity index (χ3v) is 10.5. The summed E-state index contributed by atoms with van der Waals surface area (Å²) in [6.45, 7) is -1.79. The minimum absolute atomic E-state index is 0.0231. The maximum Gasteiger partial charge on any atom is 0.481 e. The fourth-order valence-electron chi connectivity index (χ4n) is 5.08. The summed E-state index contributed by atoms with van der Waals surface area (Å²) >= 11 is 0. The molecule has 0 saturated carbocycles. The number of nitrogen functional groups attached to an aromatic ring is 1. The van der Waals surface area contributed by atoms with Gasteiger partial charge in [0.2, 0.25) is 5.91 Å². The second kappa shape index (κ2) is 17.7. The average Bonchev–Trinajstić information content (AvgIpc) is 3.75. The number of amides is 1. The van der Waals surface area contributed by atoms with Crippen molar-refractivity contribution in [2.24, 2.45) is 11.5 Å². The van der Waals surface area contributed by atoms with Crippen LogP contribution < -0.4 is 17.2 Å². The molecule has 0 aliphatic carbocycles. The molecule has 2 aromatic rings. The molecule has 3 aliphatic heterocycles. The number of fused-ring (bicyclic) bond motifs is 1. The van der Waals surface area contributed by atoms with Crippen LogP contribution in [0.5, 0.6) is 0 Å². The molecular formula is C26H38N8O18P2. The van der Waals surface area contributed by atoms with E-state index in [2.05, 4.69) is 19.3 Å². The number of imidazole rings is 1. The molecule has 26 nitrogen and oxygen atoms in total. The predicted octanol–water partition coefficient (Wildman–Crippen LogP) is -3.42. The van der Waals surface area contributed by atoms with Crippen LogP contribution in [0.25, 0.3) is 11.2 Å². The van der Waals surface area contributed by atoms with Crippen LogP contribution in [-0.4, -0.2) is 145 Å². The number of aromatic nitrogens is 4. The molecule has 0 radical (unpaired) electrons. The second-order valence-corrected chi connectivity index (χ2v) is 14.8. The molecule has 2 saturated heterocycles. The van der Waals surface area contributed by atoms with Gasteiger partial charge in [0.15, 0.2) is 23.9 Å². The Hall–Kier alpha value is -3.98. The van der Waals surface area contributed by atoms with Gasteiger partial charge in [-0.1, -0.05) is 6.08 Å². The first-order valence-electron chi connectivity index (χ1n) is 15.5. The van der Waals surface area contributed by atoms with E-state index in [-0.39, 0.29) is 41.8 Å². The molecule has 5 heterocycles. The molecule has 54 heavy (non-hydrogen) atoms. The maximum atomic E-state index is 12.4. The number of aliphatic carboxylic acids is 2. The summed E-state index contributed by atoms with van der Waals surface area (Å²) < 4.78 is 50.8. The normalized spacial score (nSPS) is 29.5. The van der Waals surface area contributed by atoms with Gasteiger partial charge in [-0.05, 0) is 12.8 Å². The van der Waals surface area contributed by atoms with Crippen molar-refractivity contribution in [1.29, 1.82) is 0 Å². The summed E-state index contributed by atoms with van der Waals surface area (Å²) in [6.07, 6.45) is -5.10. The lowest BCUT2D eigenvalue weighted by atomic mass is 10.1. The third-order valence-electron chi connectivity index (χ3n) is 7.86. The Balaban J connectivity index is 0.000000571. The molecule has 11 atom stereocenters. The van der Waals surface area contributed by atoms with Crippen molar-refractivity contribution < 1.29 is 86.8 Å². The molecule has 2 aromatic heterocycles. The van der Waals surface area contributed by atoms with Crippen molar-refractivity contribution in [1.82, 2.24) is 24.4 Å². The maximum absolute atomic E-state index is 12.4. The van der Waals surface area contributed by atoms with Crippen LogP contribution in [0.15, 0.2) is 36.7 Å². The number of nitrogens with zero attached hydrogens (tertiary/aromatic N) is 5. The summed E-state index contributed by atoms with van der Waals surface area (Å²) in [5.41, 5.74) is 16.6. The SMILES string of the molecule is NC(=O)C1=CN(C2O[C@H](COP(=O)(O)OP(=O)(O)OC[C@H]3O[C@@H](n4cnc5c(N)ncnc54)[C@H](O)[C@@H]3O)C(O)C2O)C=CC1.NC(CCC(=O)O)C(=O)O. The number of primary amides is 1. The number of hydrogen-bond donors (Lipinski definition) is 11. The van der Waals surface area contributed by atoms with Crippen LogP contribution >= 0.6 is 15.6 Å². The van der Waals surface area contributed by atoms with Crippen LogP contribution in [0, 0.1) is 0 Å². The van der Waals surface area contributed by atoms with Gasteiger partial charge < -0.3 is 72.0 Å². The summed E-state index contributed by atoms with van der Waals surface area (Å²) in [5, 5.41) is 57.9. The van der Waals surface area contributed by atoms with E-state index in [0.717, 1.165) is 6.33 Å². The molecule has 0 bridgehead atoms. The molecule has 14 N–H and O–H groups in total. The Morgan fingerprint density at radius 3 is 2.06 bits per heavy atom. The number of carbonyl (C=O) groups excluding carboxylic acids is 1. The number of rotatable bonds is 15. The Labute approximate surface area is 303 Å². The Morgan fingerprint density at radius 2 is 1.50 bits per heavy atom. The predicted molar refractivity (Wildman–Crippen MR) is 174 cm³/mol. The number of allylic oxidation sites excluding steroid dienone is 1. The zero-order valence-electron chi connectivity index (χ0n) is 27.6. The van der Waals surface area contributed by atoms with E-state index in [9.17, 15) is 53.7 Å². The molecule has 6 unspecified atom stereocenters. The minimum atomic E-state index is -5.37. The molecular weight excluding hydrogens is 774 g/mol. The highest BCUT2D eigenvalue weighted by atomic mass is 31.3. The van der Waals surface area contributed by atoms with E-state index in [1.165, 1.54) is 28.2 Å². The lowest BCUT2D eigenvalue weighted by Crippen LogP contribution is -2.40. The van der Waals surface area contributed by atoms with Crippen molar-refractivity contribution in [3.8, 4) is 0 Å². The van der Waals surface area contributed by atoms with E-state index in [0.29, 0.717) is 0 Å². The Morgan fingerprint density at radius 1 is 0.926 bits per heavy atom. The molecule has 1 amide bonds. The smallest absolute Gasteiger partial charge is 0.481 e. The van der Waals surface area contributed by atoms with Gasteiger partial charge in [-0.2, -0.15) is 4.31 Å². The van der Waals surface area contributed by atoms with Crippen LogP contribution in [-0.2, 0) is 46.3 Å². The second-order valence-electron chi connectivity index (χ2n) is 11.7. The number of phosphoric acid groups is 2. The zero-order chi connectivity index (χ0) is 40.1. The van der Waals surface area contributed by atoms with Crippen LogP contribution in [0.4, 0.5) is 5.82 Å². The summed E-state index contributed by atoms with van der Waals surface area (Å²) in [5.74, 6) is -2.85. The number of aliphatic hydroxyl groups excluding tert-OH is 4. The highest BCUT2D eigenvalue weighted by Crippen LogP contribution is 2.60. The number of aliphatic hydroxyl groups is 4. The lowest BCUT2D eigenvalue weighted by Gasteiger charge is -2.28. The van der Waals surface area contributed by atoms with Crippen molar-refractivity contribution >= 4 is 50.5 Å². The van der Waals surface area contributed by atoms with Gasteiger partial charge in [-0.15, -0.1) is 0 Å². The molecule has 300 valence electrons. The number of anilines is 1. The van der Waals surface area contributed by atoms with E-state index < -0.39 is 102 Å². The lowest BCUT2D eigenvalue weighted by molar-refractivity contribution is -0.139. The minimum Gasteiger partial charge on any atom is -0.481 e. The van der Waals surface area contributed by atoms with Crippen LogP contribution in [0.3, 0.4) is 0 Å². The van der Waals surface area contributed by atoms with Gasteiger partial charge in [0, 0.05) is 24.4 Å². The highest BCUT2D eigenvalue weighted by Gasteiger charge is 2.48. The first-order valence-corrected chi connectivity index (χ1v) is 18.5. The van der Waals surface area contributed by atoms with E-state index in [1.54, 1.807) is 6.08 Å². The number of nitrogens with two attached hydrogens (primary N) is 3. The van der Waals surface area contributed by atoms with Gasteiger partial charge >= 0.3 is 27.6 Å². The van der Waals surface area contributed by atoms with Gasteiger partial charge in [0.1, 0.15) is 54.5 Å². The molecule has 2 fully saturated rings. The quantitative estimate of drug-likeness (QED) is 0.0780. The zero-order valence-corrected chi connectivity index (χ0v) is 29.4. The van der Waals surface area contributed by atoms with E-state index in [1.807, 2.05) is 0 Å². The molecule has 28 heteroatoms. The standard InChI is InChI=1S/C21H29N7O14P2.C5H9NO4/c22-17-12-19(25-7-24-17)28(8-26-12)21-16(32)14(30)11(41-21)6-39-44(36,37)42-43(34,35)38-5-10-13(29)15(31)20(40-10)27-3-1-2-9(4-27)18(23)33;6-3(5(9)10)1-2-4(7)8/h1,3-4,7-8,10-11,13-16,20-21,29-32H,2,5-6H2,(H2,23,33)(H,34,35)(H,36,37)(H2,22,24,25);3H,1-2,6H2,(H,7,8)(H,9,10)/t10-,11-,13?,14-,15?,16-,20?,21-;/m1./s1. The monoisotopic (exact) mass is 812 g/mol. The van der Waals surface area contributed by atoms with E-state index in [4.69, 9.17) is 45.9 Å². The number of carbonyl (C=O) groups is 3. The number of hydrogen-bond acceptors (Lipinski definition) is 20. The summed E-state index contributed by atoms with van der Waals surface area (Å²) in [7, 11) is -10.7. The van der Waals surface area contributed by atoms with Gasteiger partial charge in [-0.3, -0.25) is 28.0 Å². The average molecular weight is 813 g/mol. The number of carboxylic acids is 2. The fourth-order valence-corrected chi connectivity index (χ4v) is 7.17. The first kappa shape index (κ1) is 42.8. The van der Waals surface area contributed by atoms with E-state index >= 15 is 0 Å². The van der Waals surface area contributed by atoms with Crippen molar-refractivity contribution in [2.75, 3.05) is 18.9 Å². The topological polar surface area (TPSA) is 418 Å². The van der Waals surface area contributed by atoms with Gasteiger partial charge in [0.05, 0.1) is 19.5 Å². The van der Waals surface area contributed by atoms with Gasteiger partial charge in [0.25, 0.3) is 0 Å². The van der Waals surface area contributed by atoms with Crippen molar-refractivity contribution in [2.45, 2.75) is 74.4 Å². The third kappa shape index (κ3) is 10.6. The Kier molecular flexibility index (Phi) is 14.0. The highest BCUT2D eigenvalue weighted by molar-refractivity contribution is 7.61. The Bertz CT molecular complexity index is 1850. The number of carboxylic acid groups (broad SMARTS) is 2. The fraction of sp³-hybridized carbons (Fsp3) is 0.538. The summed E-state index contributed by atoms with van der Waals surface area (Å²) in [4.78, 5) is 64.5. The van der Waals surface area contributed by atoms with Gasteiger partial charge in [-0.25, -0.2) is 24.1 Å².